The highest BCUT2D eigenvalue weighted by Crippen LogP contribution is 2.09. The van der Waals surface area contributed by atoms with Crippen LogP contribution in [0.2, 0.25) is 0 Å². The molecule has 2 aromatic rings. The number of para-hydroxylation sites is 1. The summed E-state index contributed by atoms with van der Waals surface area (Å²) in [6, 6.07) is 20.6. The van der Waals surface area contributed by atoms with Gasteiger partial charge in [-0.2, -0.15) is 5.26 Å². The molecule has 0 bridgehead atoms. The van der Waals surface area contributed by atoms with Gasteiger partial charge in [-0.05, 0) is 24.6 Å². The first kappa shape index (κ1) is 26.3. The third-order valence-electron chi connectivity index (χ3n) is 2.60. The van der Waals surface area contributed by atoms with Crippen molar-refractivity contribution in [3.63, 3.8) is 0 Å². The molecule has 144 valence electrons. The Hall–Kier alpha value is -3.90. The highest BCUT2D eigenvalue weighted by molar-refractivity contribution is 5.88. The van der Waals surface area contributed by atoms with Crippen molar-refractivity contribution in [2.45, 2.75) is 6.92 Å². The third-order valence-corrected chi connectivity index (χ3v) is 2.60. The van der Waals surface area contributed by atoms with E-state index in [1.165, 1.54) is 11.6 Å². The third kappa shape index (κ3) is 16.9. The van der Waals surface area contributed by atoms with Crippen LogP contribution in [0.1, 0.15) is 12.5 Å². The Balaban J connectivity index is 0. The van der Waals surface area contributed by atoms with Crippen LogP contribution in [-0.4, -0.2) is 5.97 Å². The highest BCUT2D eigenvalue weighted by atomic mass is 16.5. The minimum Gasteiger partial charge on any atom is -0.423 e. The van der Waals surface area contributed by atoms with Gasteiger partial charge in [-0.15, -0.1) is 0 Å². The number of carbonyl (C=O) groups is 1. The van der Waals surface area contributed by atoms with Crippen molar-refractivity contribution in [3.05, 3.63) is 123 Å². The molecular weight excluding hydrogens is 346 g/mol. The van der Waals surface area contributed by atoms with Gasteiger partial charge in [0.05, 0.1) is 6.07 Å². The van der Waals surface area contributed by atoms with E-state index in [4.69, 9.17) is 10.00 Å². The molecule has 0 amide bonds. The topological polar surface area (TPSA) is 50.1 Å². The first-order valence-electron chi connectivity index (χ1n) is 8.30. The van der Waals surface area contributed by atoms with Crippen molar-refractivity contribution in [2.24, 2.45) is 0 Å². The van der Waals surface area contributed by atoms with Crippen molar-refractivity contribution in [1.29, 1.82) is 5.26 Å². The van der Waals surface area contributed by atoms with Gasteiger partial charge in [0.2, 0.25) is 0 Å². The molecular formula is C25H27NO2. The molecule has 0 fully saturated rings. The van der Waals surface area contributed by atoms with E-state index in [9.17, 15) is 4.79 Å². The molecule has 0 N–H and O–H groups in total. The van der Waals surface area contributed by atoms with E-state index in [0.717, 1.165) is 0 Å². The summed E-state index contributed by atoms with van der Waals surface area (Å²) in [5.41, 5.74) is 1.58. The molecule has 0 unspecified atom stereocenters. The summed E-state index contributed by atoms with van der Waals surface area (Å²) < 4.78 is 4.94. The molecule has 0 aliphatic rings. The van der Waals surface area contributed by atoms with E-state index in [0.29, 0.717) is 11.3 Å². The van der Waals surface area contributed by atoms with Crippen LogP contribution in [-0.2, 0) is 4.79 Å². The van der Waals surface area contributed by atoms with Gasteiger partial charge in [-0.3, -0.25) is 0 Å². The molecule has 2 aromatic carbocycles. The Labute approximate surface area is 168 Å². The Morgan fingerprint density at radius 1 is 0.929 bits per heavy atom. The standard InChI is InChI=1S/C10H10O2.C8H8.C4H6.C3H3N/c1-8(2)10(11)12-9-6-4-3-5-7-9;1-2-8-6-4-3-5-7-8;1-3-4-2;1-2-3-4/h3-7H,1H2,2H3;2-7H,1H2;3-4H,1-2H2;2H,1H2. The predicted molar refractivity (Wildman–Crippen MR) is 120 cm³/mol. The maximum atomic E-state index is 11.0. The number of rotatable bonds is 4. The predicted octanol–water partition coefficient (Wildman–Crippen LogP) is 6.55. The fourth-order valence-corrected chi connectivity index (χ4v) is 1.27. The molecule has 0 spiro atoms. The molecule has 0 aromatic heterocycles. The first-order chi connectivity index (χ1) is 13.5. The summed E-state index contributed by atoms with van der Waals surface area (Å²) in [5, 5.41) is 7.51. The van der Waals surface area contributed by atoms with E-state index in [2.05, 4.69) is 32.9 Å². The molecule has 0 saturated heterocycles. The van der Waals surface area contributed by atoms with E-state index < -0.39 is 0 Å². The second-order valence-corrected chi connectivity index (χ2v) is 4.90. The molecule has 0 saturated carbocycles. The van der Waals surface area contributed by atoms with E-state index in [-0.39, 0.29) is 5.97 Å². The number of allylic oxidation sites excluding steroid dienone is 3. The molecule has 0 atom stereocenters. The molecule has 0 aliphatic heterocycles. The summed E-state index contributed by atoms with van der Waals surface area (Å²) in [7, 11) is 0. The maximum absolute atomic E-state index is 11.0. The van der Waals surface area contributed by atoms with Gasteiger partial charge < -0.3 is 4.74 Å². The zero-order valence-electron chi connectivity index (χ0n) is 16.4. The lowest BCUT2D eigenvalue weighted by Crippen LogP contribution is -2.07. The van der Waals surface area contributed by atoms with Gasteiger partial charge in [0, 0.05) is 11.6 Å². The summed E-state index contributed by atoms with van der Waals surface area (Å²) in [6.45, 7) is 18.6. The minimum absolute atomic E-state index is 0.388. The van der Waals surface area contributed by atoms with Crippen molar-refractivity contribution < 1.29 is 9.53 Å². The average molecular weight is 373 g/mol. The normalized spacial score (nSPS) is 7.57. The number of nitriles is 1. The van der Waals surface area contributed by atoms with Gasteiger partial charge in [0.1, 0.15) is 5.75 Å². The molecule has 2 rings (SSSR count). The van der Waals surface area contributed by atoms with Crippen molar-refractivity contribution >= 4 is 12.0 Å². The zero-order chi connectivity index (χ0) is 21.6. The van der Waals surface area contributed by atoms with Crippen molar-refractivity contribution in [2.75, 3.05) is 0 Å². The minimum atomic E-state index is -0.388. The zero-order valence-corrected chi connectivity index (χ0v) is 16.4. The second kappa shape index (κ2) is 19.4. The molecule has 0 heterocycles. The fourth-order valence-electron chi connectivity index (χ4n) is 1.27. The lowest BCUT2D eigenvalue weighted by atomic mass is 10.2. The van der Waals surface area contributed by atoms with Gasteiger partial charge in [-0.25, -0.2) is 4.79 Å². The molecule has 3 nitrogen and oxygen atoms in total. The SMILES string of the molecule is C=C(C)C(=O)Oc1ccccc1.C=CC#N.C=CC=C.C=Cc1ccccc1. The molecule has 3 heteroatoms. The van der Waals surface area contributed by atoms with Gasteiger partial charge in [0.25, 0.3) is 0 Å². The van der Waals surface area contributed by atoms with Gasteiger partial charge >= 0.3 is 5.97 Å². The number of ether oxygens (including phenoxy) is 1. The smallest absolute Gasteiger partial charge is 0.338 e. The van der Waals surface area contributed by atoms with Gasteiger partial charge in [0.15, 0.2) is 0 Å². The van der Waals surface area contributed by atoms with Crippen LogP contribution in [0.3, 0.4) is 0 Å². The number of carbonyl (C=O) groups excluding carboxylic acids is 1. The number of hydrogen-bond acceptors (Lipinski definition) is 3. The van der Waals surface area contributed by atoms with Crippen LogP contribution in [0.4, 0.5) is 0 Å². The molecule has 28 heavy (non-hydrogen) atoms. The number of nitrogens with zero attached hydrogens (tertiary/aromatic N) is 1. The summed E-state index contributed by atoms with van der Waals surface area (Å²) in [5.74, 6) is 0.159. The van der Waals surface area contributed by atoms with E-state index in [1.54, 1.807) is 49.4 Å². The van der Waals surface area contributed by atoms with Gasteiger partial charge in [-0.1, -0.05) is 99.7 Å². The van der Waals surface area contributed by atoms with Crippen LogP contribution in [0.25, 0.3) is 6.08 Å². The van der Waals surface area contributed by atoms with E-state index in [1.807, 2.05) is 42.5 Å². The summed E-state index contributed by atoms with van der Waals surface area (Å²) >= 11 is 0. The van der Waals surface area contributed by atoms with Crippen LogP contribution in [0.15, 0.2) is 117 Å². The molecule has 0 radical (unpaired) electrons. The number of benzene rings is 2. The maximum Gasteiger partial charge on any atom is 0.338 e. The van der Waals surface area contributed by atoms with Crippen LogP contribution in [0.5, 0.6) is 5.75 Å². The Morgan fingerprint density at radius 2 is 1.36 bits per heavy atom. The fraction of sp³-hybridized carbons (Fsp3) is 0.0400. The largest absolute Gasteiger partial charge is 0.423 e. The van der Waals surface area contributed by atoms with Crippen LogP contribution in [0, 0.1) is 11.3 Å². The molecule has 0 aliphatic carbocycles. The summed E-state index contributed by atoms with van der Waals surface area (Å²) in [4.78, 5) is 11.0. The highest BCUT2D eigenvalue weighted by Gasteiger charge is 2.03. The lowest BCUT2D eigenvalue weighted by molar-refractivity contribution is -0.130. The first-order valence-corrected chi connectivity index (χ1v) is 8.30. The van der Waals surface area contributed by atoms with Crippen molar-refractivity contribution in [3.8, 4) is 11.8 Å². The Kier molecular flexibility index (Phi) is 18.3. The van der Waals surface area contributed by atoms with Crippen LogP contribution < -0.4 is 4.74 Å². The number of esters is 1. The van der Waals surface area contributed by atoms with Crippen LogP contribution >= 0.6 is 0 Å². The quantitative estimate of drug-likeness (QED) is 0.201. The van der Waals surface area contributed by atoms with E-state index >= 15 is 0 Å². The average Bonchev–Trinajstić information content (AvgIpc) is 2.75. The van der Waals surface area contributed by atoms with Crippen molar-refractivity contribution in [1.82, 2.24) is 0 Å². The Morgan fingerprint density at radius 3 is 1.64 bits per heavy atom. The number of hydrogen-bond donors (Lipinski definition) is 0. The monoisotopic (exact) mass is 373 g/mol. The summed E-state index contributed by atoms with van der Waals surface area (Å²) in [6.07, 6.45) is 6.29. The lowest BCUT2D eigenvalue weighted by Gasteiger charge is -2.01. The Bertz CT molecular complexity index is 763. The second-order valence-electron chi connectivity index (χ2n) is 4.90.